The van der Waals surface area contributed by atoms with Crippen LogP contribution in [-0.4, -0.2) is 14.0 Å². The zero-order valence-electron chi connectivity index (χ0n) is 11.8. The summed E-state index contributed by atoms with van der Waals surface area (Å²) in [7, 11) is -3.67. The molecular formula is C14H20N2O2S. The number of benzene rings is 1. The molecule has 0 saturated heterocycles. The van der Waals surface area contributed by atoms with E-state index in [4.69, 9.17) is 0 Å². The average Bonchev–Trinajstić information content (AvgIpc) is 2.35. The van der Waals surface area contributed by atoms with E-state index in [0.717, 1.165) is 5.56 Å². The van der Waals surface area contributed by atoms with Gasteiger partial charge in [0.05, 0.1) is 11.0 Å². The largest absolute Gasteiger partial charge is 0.242 e. The van der Waals surface area contributed by atoms with Crippen LogP contribution in [0.25, 0.3) is 0 Å². The summed E-state index contributed by atoms with van der Waals surface area (Å²) in [4.78, 5) is 0.236. The second-order valence-electron chi connectivity index (χ2n) is 4.78. The molecule has 19 heavy (non-hydrogen) atoms. The fourth-order valence-electron chi connectivity index (χ4n) is 1.99. The van der Waals surface area contributed by atoms with Crippen LogP contribution in [0.2, 0.25) is 0 Å². The molecule has 0 aromatic heterocycles. The maximum Gasteiger partial charge on any atom is 0.242 e. The van der Waals surface area contributed by atoms with E-state index in [-0.39, 0.29) is 4.90 Å². The van der Waals surface area contributed by atoms with Crippen molar-refractivity contribution in [2.24, 2.45) is 0 Å². The topological polar surface area (TPSA) is 70.0 Å². The second kappa shape index (κ2) is 5.72. The van der Waals surface area contributed by atoms with E-state index in [0.29, 0.717) is 18.4 Å². The third-order valence-corrected chi connectivity index (χ3v) is 5.07. The van der Waals surface area contributed by atoms with Crippen molar-refractivity contribution in [3.05, 3.63) is 29.3 Å². The van der Waals surface area contributed by atoms with E-state index < -0.39 is 15.6 Å². The molecule has 104 valence electrons. The normalized spacial score (nSPS) is 12.2. The Morgan fingerprint density at radius 1 is 1.26 bits per heavy atom. The summed E-state index contributed by atoms with van der Waals surface area (Å²) < 4.78 is 27.3. The molecule has 0 aliphatic rings. The fourth-order valence-corrected chi connectivity index (χ4v) is 3.68. The molecule has 1 N–H and O–H groups in total. The van der Waals surface area contributed by atoms with Crippen LogP contribution in [0.15, 0.2) is 23.1 Å². The number of aryl methyl sites for hydroxylation is 2. The Morgan fingerprint density at radius 3 is 2.26 bits per heavy atom. The summed E-state index contributed by atoms with van der Waals surface area (Å²) in [5, 5.41) is 9.22. The monoisotopic (exact) mass is 280 g/mol. The van der Waals surface area contributed by atoms with E-state index in [9.17, 15) is 13.7 Å². The van der Waals surface area contributed by atoms with Crippen LogP contribution in [0.5, 0.6) is 0 Å². The Bertz CT molecular complexity index is 596. The van der Waals surface area contributed by atoms with Gasteiger partial charge in [-0.05, 0) is 38.3 Å². The minimum absolute atomic E-state index is 0.236. The predicted molar refractivity (Wildman–Crippen MR) is 75.2 cm³/mol. The molecule has 0 atom stereocenters. The Labute approximate surface area is 115 Å². The van der Waals surface area contributed by atoms with Crippen molar-refractivity contribution in [2.75, 3.05) is 0 Å². The summed E-state index contributed by atoms with van der Waals surface area (Å²) in [6.45, 7) is 7.27. The number of sulfonamides is 1. The minimum atomic E-state index is -3.67. The van der Waals surface area contributed by atoms with Crippen molar-refractivity contribution in [1.29, 1.82) is 5.26 Å². The number of nitrogens with one attached hydrogen (secondary N) is 1. The molecule has 0 amide bonds. The molecule has 0 aliphatic heterocycles. The lowest BCUT2D eigenvalue weighted by molar-refractivity contribution is 0.446. The molecule has 0 unspecified atom stereocenters. The molecule has 1 aromatic rings. The molecule has 0 spiro atoms. The van der Waals surface area contributed by atoms with Crippen molar-refractivity contribution in [1.82, 2.24) is 4.72 Å². The van der Waals surface area contributed by atoms with Crippen molar-refractivity contribution in [3.8, 4) is 6.07 Å². The Kier molecular flexibility index (Phi) is 4.72. The van der Waals surface area contributed by atoms with E-state index in [1.54, 1.807) is 32.9 Å². The van der Waals surface area contributed by atoms with Crippen molar-refractivity contribution in [2.45, 2.75) is 51.0 Å². The third-order valence-electron chi connectivity index (χ3n) is 3.37. The average molecular weight is 280 g/mol. The Hall–Kier alpha value is -1.38. The molecular weight excluding hydrogens is 260 g/mol. The maximum absolute atomic E-state index is 12.4. The number of nitriles is 1. The van der Waals surface area contributed by atoms with Crippen molar-refractivity contribution in [3.63, 3.8) is 0 Å². The van der Waals surface area contributed by atoms with Gasteiger partial charge in [-0.2, -0.15) is 9.98 Å². The van der Waals surface area contributed by atoms with Crippen LogP contribution in [0.1, 0.15) is 37.8 Å². The maximum atomic E-state index is 12.4. The van der Waals surface area contributed by atoms with Gasteiger partial charge in [0.2, 0.25) is 10.0 Å². The second-order valence-corrected chi connectivity index (χ2v) is 6.43. The number of hydrogen-bond acceptors (Lipinski definition) is 3. The lowest BCUT2D eigenvalue weighted by Gasteiger charge is -2.25. The van der Waals surface area contributed by atoms with E-state index >= 15 is 0 Å². The van der Waals surface area contributed by atoms with Gasteiger partial charge < -0.3 is 0 Å². The van der Waals surface area contributed by atoms with Crippen LogP contribution in [0.4, 0.5) is 0 Å². The van der Waals surface area contributed by atoms with E-state index in [2.05, 4.69) is 10.8 Å². The van der Waals surface area contributed by atoms with Gasteiger partial charge in [0.25, 0.3) is 0 Å². The van der Waals surface area contributed by atoms with Crippen molar-refractivity contribution >= 4 is 10.0 Å². The van der Waals surface area contributed by atoms with Gasteiger partial charge in [0.1, 0.15) is 5.54 Å². The van der Waals surface area contributed by atoms with Gasteiger partial charge in [-0.25, -0.2) is 8.42 Å². The lowest BCUT2D eigenvalue weighted by Crippen LogP contribution is -2.46. The summed E-state index contributed by atoms with van der Waals surface area (Å²) in [6.07, 6.45) is 0.869. The molecule has 0 aliphatic carbocycles. The summed E-state index contributed by atoms with van der Waals surface area (Å²) in [5.74, 6) is 0. The van der Waals surface area contributed by atoms with Crippen LogP contribution in [0.3, 0.4) is 0 Å². The summed E-state index contributed by atoms with van der Waals surface area (Å²) in [6, 6.07) is 7.24. The number of rotatable bonds is 5. The zero-order chi connectivity index (χ0) is 14.7. The predicted octanol–water partition coefficient (Wildman–Crippen LogP) is 2.66. The van der Waals surface area contributed by atoms with E-state index in [1.165, 1.54) is 0 Å². The Balaban J connectivity index is 3.22. The molecule has 1 rings (SSSR count). The minimum Gasteiger partial charge on any atom is -0.207 e. The molecule has 4 nitrogen and oxygen atoms in total. The standard InChI is InChI=1S/C14H20N2O2S/c1-5-14(6-2,10-15)16-19(17,18)13-8-7-11(3)9-12(13)4/h7-9,16H,5-6H2,1-4H3. The summed E-state index contributed by atoms with van der Waals surface area (Å²) in [5.41, 5.74) is 0.663. The molecule has 5 heteroatoms. The first-order valence-corrected chi connectivity index (χ1v) is 7.81. The molecule has 0 saturated carbocycles. The quantitative estimate of drug-likeness (QED) is 0.901. The first-order chi connectivity index (χ1) is 8.80. The molecule has 0 bridgehead atoms. The van der Waals surface area contributed by atoms with Gasteiger partial charge in [0, 0.05) is 0 Å². The highest BCUT2D eigenvalue weighted by Gasteiger charge is 2.32. The van der Waals surface area contributed by atoms with Crippen LogP contribution in [-0.2, 0) is 10.0 Å². The molecule has 1 aromatic carbocycles. The van der Waals surface area contributed by atoms with Gasteiger partial charge in [-0.15, -0.1) is 0 Å². The van der Waals surface area contributed by atoms with Crippen LogP contribution < -0.4 is 4.72 Å². The summed E-state index contributed by atoms with van der Waals surface area (Å²) >= 11 is 0. The van der Waals surface area contributed by atoms with Crippen LogP contribution in [0, 0.1) is 25.2 Å². The zero-order valence-corrected chi connectivity index (χ0v) is 12.6. The van der Waals surface area contributed by atoms with Gasteiger partial charge in [-0.3, -0.25) is 0 Å². The van der Waals surface area contributed by atoms with Gasteiger partial charge >= 0.3 is 0 Å². The van der Waals surface area contributed by atoms with Gasteiger partial charge in [0.15, 0.2) is 0 Å². The first-order valence-electron chi connectivity index (χ1n) is 6.32. The Morgan fingerprint density at radius 2 is 1.84 bits per heavy atom. The molecule has 0 radical (unpaired) electrons. The highest BCUT2D eigenvalue weighted by atomic mass is 32.2. The molecule has 0 fully saturated rings. The fraction of sp³-hybridized carbons (Fsp3) is 0.500. The highest BCUT2D eigenvalue weighted by Crippen LogP contribution is 2.21. The van der Waals surface area contributed by atoms with E-state index in [1.807, 2.05) is 13.0 Å². The van der Waals surface area contributed by atoms with Crippen LogP contribution >= 0.6 is 0 Å². The van der Waals surface area contributed by atoms with Gasteiger partial charge in [-0.1, -0.05) is 31.5 Å². The SMILES string of the molecule is CCC(C#N)(CC)NS(=O)(=O)c1ccc(C)cc1C. The smallest absolute Gasteiger partial charge is 0.207 e. The third kappa shape index (κ3) is 3.34. The molecule has 0 heterocycles. The highest BCUT2D eigenvalue weighted by molar-refractivity contribution is 7.89. The first kappa shape index (κ1) is 15.7. The van der Waals surface area contributed by atoms with Crippen molar-refractivity contribution < 1.29 is 8.42 Å². The number of nitrogens with zero attached hydrogens (tertiary/aromatic N) is 1. The number of hydrogen-bond donors (Lipinski definition) is 1. The lowest BCUT2D eigenvalue weighted by atomic mass is 9.97.